The molecule has 1 atom stereocenters. The van der Waals surface area contributed by atoms with Gasteiger partial charge in [0.15, 0.2) is 4.60 Å². The topological polar surface area (TPSA) is 106 Å². The van der Waals surface area contributed by atoms with Gasteiger partial charge in [0.2, 0.25) is 5.03 Å². The minimum absolute atomic E-state index is 0.0845. The Bertz CT molecular complexity index is 612. The van der Waals surface area contributed by atoms with Gasteiger partial charge in [-0.1, -0.05) is 5.21 Å². The third kappa shape index (κ3) is 3.10. The number of aryl methyl sites for hydroxylation is 1. The quantitative estimate of drug-likeness (QED) is 0.673. The Labute approximate surface area is 130 Å². The molecule has 1 saturated heterocycles. The fourth-order valence-electron chi connectivity index (χ4n) is 2.12. The lowest BCUT2D eigenvalue weighted by atomic mass is 10.2. The molecule has 1 aromatic rings. The van der Waals surface area contributed by atoms with Crippen LogP contribution in [0.5, 0.6) is 0 Å². The number of nitrogens with zero attached hydrogens (tertiary/aromatic N) is 4. The molecule has 1 aliphatic rings. The van der Waals surface area contributed by atoms with Gasteiger partial charge < -0.3 is 10.1 Å². The lowest BCUT2D eigenvalue weighted by Gasteiger charge is -2.33. The first kappa shape index (κ1) is 16.3. The van der Waals surface area contributed by atoms with Crippen molar-refractivity contribution in [3.05, 3.63) is 4.60 Å². The van der Waals surface area contributed by atoms with E-state index in [1.54, 1.807) is 6.92 Å². The molecule has 2 rings (SSSR count). The largest absolute Gasteiger partial charge is 0.465 e. The van der Waals surface area contributed by atoms with E-state index in [9.17, 15) is 13.2 Å². The minimum Gasteiger partial charge on any atom is -0.465 e. The number of sulfonamides is 1. The van der Waals surface area contributed by atoms with Gasteiger partial charge in [0.25, 0.3) is 10.0 Å². The fraction of sp³-hybridized carbons (Fsp3) is 0.700. The summed E-state index contributed by atoms with van der Waals surface area (Å²) in [5, 5.41) is 10.3. The molecule has 1 fully saturated rings. The van der Waals surface area contributed by atoms with E-state index in [1.807, 2.05) is 0 Å². The Morgan fingerprint density at radius 1 is 1.57 bits per heavy atom. The second-order valence-electron chi connectivity index (χ2n) is 4.40. The summed E-state index contributed by atoms with van der Waals surface area (Å²) in [6.07, 6.45) is 0. The lowest BCUT2D eigenvalue weighted by molar-refractivity contribution is -0.148. The van der Waals surface area contributed by atoms with Crippen molar-refractivity contribution in [3.8, 4) is 0 Å². The highest BCUT2D eigenvalue weighted by Crippen LogP contribution is 2.24. The monoisotopic (exact) mass is 381 g/mol. The van der Waals surface area contributed by atoms with Crippen LogP contribution in [0.15, 0.2) is 9.63 Å². The van der Waals surface area contributed by atoms with Gasteiger partial charge in [-0.15, -0.1) is 5.10 Å². The number of hydrogen-bond acceptors (Lipinski definition) is 7. The summed E-state index contributed by atoms with van der Waals surface area (Å²) >= 11 is 3.08. The maximum absolute atomic E-state index is 12.8. The van der Waals surface area contributed by atoms with Crippen LogP contribution in [0.2, 0.25) is 0 Å². The molecule has 2 heterocycles. The van der Waals surface area contributed by atoms with Crippen molar-refractivity contribution in [2.24, 2.45) is 7.05 Å². The normalized spacial score (nSPS) is 20.4. The van der Waals surface area contributed by atoms with Gasteiger partial charge in [0, 0.05) is 26.7 Å². The summed E-state index contributed by atoms with van der Waals surface area (Å²) in [6, 6.07) is -0.898. The maximum Gasteiger partial charge on any atom is 0.325 e. The van der Waals surface area contributed by atoms with Crippen molar-refractivity contribution in [1.82, 2.24) is 24.6 Å². The van der Waals surface area contributed by atoms with Gasteiger partial charge in [0.1, 0.15) is 6.04 Å². The number of nitrogens with one attached hydrogen (secondary N) is 1. The molecule has 1 unspecified atom stereocenters. The molecule has 0 radical (unpaired) electrons. The first-order chi connectivity index (χ1) is 9.89. The third-order valence-corrected chi connectivity index (χ3v) is 5.84. The number of ether oxygens (including phenoxy) is 1. The molecule has 0 aromatic carbocycles. The molecule has 1 aromatic heterocycles. The van der Waals surface area contributed by atoms with Crippen molar-refractivity contribution in [1.29, 1.82) is 0 Å². The Kier molecular flexibility index (Phi) is 4.96. The highest BCUT2D eigenvalue weighted by atomic mass is 79.9. The molecule has 0 aliphatic carbocycles. The highest BCUT2D eigenvalue weighted by molar-refractivity contribution is 9.10. The van der Waals surface area contributed by atoms with Crippen LogP contribution >= 0.6 is 15.9 Å². The number of piperazine rings is 1. The number of esters is 1. The summed E-state index contributed by atoms with van der Waals surface area (Å²) in [4.78, 5) is 12.0. The molecule has 0 saturated carbocycles. The van der Waals surface area contributed by atoms with Gasteiger partial charge in [-0.05, 0) is 22.9 Å². The molecule has 9 nitrogen and oxygen atoms in total. The van der Waals surface area contributed by atoms with Crippen LogP contribution in [-0.2, 0) is 26.6 Å². The predicted octanol–water partition coefficient (Wildman–Crippen LogP) is -0.897. The van der Waals surface area contributed by atoms with Crippen LogP contribution in [0.25, 0.3) is 0 Å². The van der Waals surface area contributed by atoms with Gasteiger partial charge in [-0.3, -0.25) is 4.79 Å². The van der Waals surface area contributed by atoms with E-state index in [0.717, 1.165) is 8.99 Å². The maximum atomic E-state index is 12.8. The van der Waals surface area contributed by atoms with Gasteiger partial charge in [0.05, 0.1) is 6.61 Å². The molecule has 11 heteroatoms. The zero-order valence-electron chi connectivity index (χ0n) is 11.6. The number of hydrogen-bond donors (Lipinski definition) is 1. The van der Waals surface area contributed by atoms with E-state index < -0.39 is 22.0 Å². The average Bonchev–Trinajstić information content (AvgIpc) is 2.79. The molecule has 0 bridgehead atoms. The molecule has 1 aliphatic heterocycles. The summed E-state index contributed by atoms with van der Waals surface area (Å²) in [7, 11) is -2.43. The molecule has 118 valence electrons. The van der Waals surface area contributed by atoms with Gasteiger partial charge >= 0.3 is 5.97 Å². The number of carbonyl (C=O) groups is 1. The van der Waals surface area contributed by atoms with E-state index in [4.69, 9.17) is 4.74 Å². The average molecular weight is 382 g/mol. The zero-order chi connectivity index (χ0) is 15.6. The second-order valence-corrected chi connectivity index (χ2v) is 6.95. The summed E-state index contributed by atoms with van der Waals surface area (Å²) in [5.74, 6) is -0.570. The van der Waals surface area contributed by atoms with Crippen molar-refractivity contribution in [2.45, 2.75) is 18.0 Å². The van der Waals surface area contributed by atoms with Crippen molar-refractivity contribution in [3.63, 3.8) is 0 Å². The second kappa shape index (κ2) is 6.38. The smallest absolute Gasteiger partial charge is 0.325 e. The molecule has 0 spiro atoms. The summed E-state index contributed by atoms with van der Waals surface area (Å²) in [5.41, 5.74) is 0. The summed E-state index contributed by atoms with van der Waals surface area (Å²) in [6.45, 7) is 2.71. The molecule has 21 heavy (non-hydrogen) atoms. The van der Waals surface area contributed by atoms with E-state index in [2.05, 4.69) is 31.6 Å². The van der Waals surface area contributed by atoms with Crippen LogP contribution in [0, 0.1) is 0 Å². The highest BCUT2D eigenvalue weighted by Gasteiger charge is 2.41. The number of carbonyl (C=O) groups excluding carboxylic acids is 1. The fourth-order valence-corrected chi connectivity index (χ4v) is 4.74. The Morgan fingerprint density at radius 2 is 2.29 bits per heavy atom. The van der Waals surface area contributed by atoms with Crippen LogP contribution in [0.4, 0.5) is 0 Å². The Balaban J connectivity index is 2.39. The minimum atomic E-state index is -3.91. The van der Waals surface area contributed by atoms with Gasteiger partial charge in [-0.2, -0.15) is 4.31 Å². The van der Waals surface area contributed by atoms with E-state index in [0.29, 0.717) is 6.54 Å². The van der Waals surface area contributed by atoms with Crippen molar-refractivity contribution in [2.75, 3.05) is 26.2 Å². The van der Waals surface area contributed by atoms with E-state index in [-0.39, 0.29) is 29.3 Å². The number of rotatable bonds is 4. The summed E-state index contributed by atoms with van der Waals surface area (Å²) < 4.78 is 32.9. The zero-order valence-corrected chi connectivity index (χ0v) is 14.0. The number of halogens is 1. The van der Waals surface area contributed by atoms with Crippen LogP contribution in [-0.4, -0.2) is 66.0 Å². The van der Waals surface area contributed by atoms with E-state index >= 15 is 0 Å². The SMILES string of the molecule is CCOC(=O)C1CNCCN1S(=O)(=O)c1c(Br)nnn1C. The predicted molar refractivity (Wildman–Crippen MR) is 75.9 cm³/mol. The first-order valence-corrected chi connectivity index (χ1v) is 8.57. The van der Waals surface area contributed by atoms with Gasteiger partial charge in [-0.25, -0.2) is 13.1 Å². The van der Waals surface area contributed by atoms with E-state index in [1.165, 1.54) is 7.05 Å². The molecular formula is C10H16BrN5O4S. The van der Waals surface area contributed by atoms with Crippen LogP contribution < -0.4 is 5.32 Å². The van der Waals surface area contributed by atoms with Crippen molar-refractivity contribution >= 4 is 31.9 Å². The van der Waals surface area contributed by atoms with Crippen LogP contribution in [0.1, 0.15) is 6.92 Å². The Morgan fingerprint density at radius 3 is 2.86 bits per heavy atom. The van der Waals surface area contributed by atoms with Crippen molar-refractivity contribution < 1.29 is 17.9 Å². The van der Waals surface area contributed by atoms with Crippen LogP contribution in [0.3, 0.4) is 0 Å². The third-order valence-electron chi connectivity index (χ3n) is 3.04. The lowest BCUT2D eigenvalue weighted by Crippen LogP contribution is -2.57. The molecule has 1 N–H and O–H groups in total. The number of aromatic nitrogens is 3. The first-order valence-electron chi connectivity index (χ1n) is 6.34. The Hall–Kier alpha value is -1.04. The molecular weight excluding hydrogens is 366 g/mol. The standard InChI is InChI=1S/C10H16BrN5O4S/c1-3-20-10(17)7-6-12-4-5-16(7)21(18,19)9-8(11)13-14-15(9)2/h7,12H,3-6H2,1-2H3. The molecule has 0 amide bonds.